The summed E-state index contributed by atoms with van der Waals surface area (Å²) in [6.45, 7) is 2.91. The van der Waals surface area contributed by atoms with Crippen LogP contribution in [0.2, 0.25) is 0 Å². The minimum Gasteiger partial charge on any atom is -0.330 e. The molecule has 0 fully saturated rings. The zero-order valence-electron chi connectivity index (χ0n) is 12.5. The van der Waals surface area contributed by atoms with Gasteiger partial charge in [0.15, 0.2) is 0 Å². The topological polar surface area (TPSA) is 72.5 Å². The zero-order chi connectivity index (χ0) is 14.4. The minimum atomic E-state index is -3.26. The Morgan fingerprint density at radius 2 is 1.32 bits per heavy atom. The number of rotatable bonds is 14. The summed E-state index contributed by atoms with van der Waals surface area (Å²) in [5.74, 6) is 0. The fraction of sp³-hybridized carbons (Fsp3) is 1.00. The predicted octanol–water partition coefficient (Wildman–Crippen LogP) is 4.07. The van der Waals surface area contributed by atoms with Crippen LogP contribution in [0.5, 0.6) is 0 Å². The standard InChI is InChI=1S/C14H32NO3P/c1-2-19(16,17)18-14-12-10-8-6-4-3-5-7-9-11-13-15/h2-15H2,1H3,(H,16,17). The number of nitrogens with two attached hydrogens (primary N) is 1. The largest absolute Gasteiger partial charge is 0.330 e. The summed E-state index contributed by atoms with van der Waals surface area (Å²) in [6, 6.07) is 0. The summed E-state index contributed by atoms with van der Waals surface area (Å²) < 4.78 is 16.2. The molecule has 0 spiro atoms. The van der Waals surface area contributed by atoms with Crippen molar-refractivity contribution in [3.8, 4) is 0 Å². The van der Waals surface area contributed by atoms with Crippen molar-refractivity contribution in [3.05, 3.63) is 0 Å². The van der Waals surface area contributed by atoms with Crippen LogP contribution in [0.15, 0.2) is 0 Å². The average Bonchev–Trinajstić information content (AvgIpc) is 2.40. The molecule has 19 heavy (non-hydrogen) atoms. The van der Waals surface area contributed by atoms with Crippen molar-refractivity contribution in [1.82, 2.24) is 0 Å². The third-order valence-electron chi connectivity index (χ3n) is 3.29. The Morgan fingerprint density at radius 1 is 0.895 bits per heavy atom. The molecule has 0 saturated carbocycles. The average molecular weight is 293 g/mol. The van der Waals surface area contributed by atoms with Crippen LogP contribution < -0.4 is 5.73 Å². The van der Waals surface area contributed by atoms with Crippen LogP contribution in [-0.2, 0) is 9.09 Å². The summed E-state index contributed by atoms with van der Waals surface area (Å²) in [7, 11) is -3.26. The maximum absolute atomic E-state index is 11.2. The summed E-state index contributed by atoms with van der Waals surface area (Å²) in [5.41, 5.74) is 5.44. The highest BCUT2D eigenvalue weighted by molar-refractivity contribution is 7.52. The smallest absolute Gasteiger partial charge is 0.327 e. The quantitative estimate of drug-likeness (QED) is 0.374. The molecule has 5 heteroatoms. The molecule has 0 rings (SSSR count). The monoisotopic (exact) mass is 293 g/mol. The van der Waals surface area contributed by atoms with Crippen molar-refractivity contribution in [2.45, 2.75) is 71.1 Å². The predicted molar refractivity (Wildman–Crippen MR) is 81.5 cm³/mol. The van der Waals surface area contributed by atoms with Crippen molar-refractivity contribution in [2.24, 2.45) is 5.73 Å². The fourth-order valence-electron chi connectivity index (χ4n) is 1.96. The summed E-state index contributed by atoms with van der Waals surface area (Å²) in [4.78, 5) is 9.21. The van der Waals surface area contributed by atoms with Gasteiger partial charge in [-0.1, -0.05) is 58.3 Å². The lowest BCUT2D eigenvalue weighted by Crippen LogP contribution is -1.97. The highest BCUT2D eigenvalue weighted by Gasteiger charge is 2.14. The number of hydrogen-bond acceptors (Lipinski definition) is 3. The van der Waals surface area contributed by atoms with Gasteiger partial charge < -0.3 is 15.2 Å². The third-order valence-corrected chi connectivity index (χ3v) is 4.68. The van der Waals surface area contributed by atoms with Gasteiger partial charge in [0.2, 0.25) is 0 Å². The molecule has 0 aliphatic heterocycles. The molecule has 0 aromatic heterocycles. The summed E-state index contributed by atoms with van der Waals surface area (Å²) in [5, 5.41) is 0. The van der Waals surface area contributed by atoms with Crippen LogP contribution >= 0.6 is 7.60 Å². The van der Waals surface area contributed by atoms with Gasteiger partial charge in [0.05, 0.1) is 6.61 Å². The molecule has 0 aliphatic carbocycles. The van der Waals surface area contributed by atoms with E-state index >= 15 is 0 Å². The van der Waals surface area contributed by atoms with Crippen LogP contribution in [-0.4, -0.2) is 24.2 Å². The van der Waals surface area contributed by atoms with Crippen LogP contribution in [0.1, 0.15) is 71.1 Å². The SMILES string of the molecule is CCP(=O)(O)OCCCCCCCCCCCCN. The highest BCUT2D eigenvalue weighted by atomic mass is 31.2. The maximum Gasteiger partial charge on any atom is 0.327 e. The molecule has 1 unspecified atom stereocenters. The second kappa shape index (κ2) is 13.1. The molecule has 0 bridgehead atoms. The Morgan fingerprint density at radius 3 is 1.74 bits per heavy atom. The molecule has 0 amide bonds. The van der Waals surface area contributed by atoms with E-state index in [1.54, 1.807) is 6.92 Å². The van der Waals surface area contributed by atoms with Crippen LogP contribution in [0.3, 0.4) is 0 Å². The second-order valence-electron chi connectivity index (χ2n) is 5.11. The molecule has 1 atom stereocenters. The van der Waals surface area contributed by atoms with Gasteiger partial charge in [-0.3, -0.25) is 4.57 Å². The Bertz CT molecular complexity index is 237. The number of hydrogen-bond donors (Lipinski definition) is 2. The van der Waals surface area contributed by atoms with E-state index in [0.29, 0.717) is 6.61 Å². The molecule has 0 saturated heterocycles. The lowest BCUT2D eigenvalue weighted by atomic mass is 10.1. The Hall–Kier alpha value is 0.110. The van der Waals surface area contributed by atoms with Gasteiger partial charge in [-0.15, -0.1) is 0 Å². The van der Waals surface area contributed by atoms with E-state index in [1.807, 2.05) is 0 Å². The van der Waals surface area contributed by atoms with E-state index in [2.05, 4.69) is 0 Å². The van der Waals surface area contributed by atoms with Gasteiger partial charge in [0, 0.05) is 6.16 Å². The molecule has 0 aromatic carbocycles. The first-order valence-corrected chi connectivity index (χ1v) is 9.55. The van der Waals surface area contributed by atoms with Gasteiger partial charge in [-0.05, 0) is 19.4 Å². The molecule has 116 valence electrons. The number of unbranched alkanes of at least 4 members (excludes halogenated alkanes) is 9. The Labute approximate surface area is 118 Å². The van der Waals surface area contributed by atoms with E-state index in [9.17, 15) is 9.46 Å². The first-order chi connectivity index (χ1) is 9.12. The fourth-order valence-corrected chi connectivity index (χ4v) is 2.56. The Kier molecular flexibility index (Phi) is 13.2. The summed E-state index contributed by atoms with van der Waals surface area (Å²) >= 11 is 0. The van der Waals surface area contributed by atoms with Crippen molar-refractivity contribution < 1.29 is 14.0 Å². The van der Waals surface area contributed by atoms with Crippen LogP contribution in [0.4, 0.5) is 0 Å². The molecule has 3 N–H and O–H groups in total. The van der Waals surface area contributed by atoms with E-state index < -0.39 is 7.60 Å². The van der Waals surface area contributed by atoms with Crippen molar-refractivity contribution in [3.63, 3.8) is 0 Å². The van der Waals surface area contributed by atoms with Gasteiger partial charge >= 0.3 is 7.60 Å². The lowest BCUT2D eigenvalue weighted by molar-refractivity contribution is 0.253. The molecule has 0 aliphatic rings. The van der Waals surface area contributed by atoms with Crippen LogP contribution in [0, 0.1) is 0 Å². The van der Waals surface area contributed by atoms with E-state index in [4.69, 9.17) is 10.3 Å². The van der Waals surface area contributed by atoms with Gasteiger partial charge in [0.1, 0.15) is 0 Å². The van der Waals surface area contributed by atoms with Crippen molar-refractivity contribution in [2.75, 3.05) is 19.3 Å². The van der Waals surface area contributed by atoms with E-state index in [1.165, 1.54) is 44.9 Å². The highest BCUT2D eigenvalue weighted by Crippen LogP contribution is 2.41. The zero-order valence-corrected chi connectivity index (χ0v) is 13.4. The normalized spacial score (nSPS) is 14.5. The lowest BCUT2D eigenvalue weighted by Gasteiger charge is -2.09. The molecular formula is C14H32NO3P. The second-order valence-corrected chi connectivity index (χ2v) is 7.28. The molecule has 0 radical (unpaired) electrons. The van der Waals surface area contributed by atoms with E-state index in [-0.39, 0.29) is 6.16 Å². The Balaban J connectivity index is 3.09. The van der Waals surface area contributed by atoms with E-state index in [0.717, 1.165) is 25.8 Å². The van der Waals surface area contributed by atoms with Crippen molar-refractivity contribution in [1.29, 1.82) is 0 Å². The maximum atomic E-state index is 11.2. The third kappa shape index (κ3) is 14.3. The van der Waals surface area contributed by atoms with Gasteiger partial charge in [0.25, 0.3) is 0 Å². The molecule has 0 heterocycles. The van der Waals surface area contributed by atoms with Gasteiger partial charge in [-0.25, -0.2) is 0 Å². The molecule has 0 aromatic rings. The summed E-state index contributed by atoms with van der Waals surface area (Å²) in [6.07, 6.45) is 12.4. The molecule has 4 nitrogen and oxygen atoms in total. The van der Waals surface area contributed by atoms with Crippen LogP contribution in [0.25, 0.3) is 0 Å². The van der Waals surface area contributed by atoms with Gasteiger partial charge in [-0.2, -0.15) is 0 Å². The molecular weight excluding hydrogens is 261 g/mol. The van der Waals surface area contributed by atoms with Crippen molar-refractivity contribution >= 4 is 7.60 Å². The first kappa shape index (κ1) is 19.1. The minimum absolute atomic E-state index is 0.206. The first-order valence-electron chi connectivity index (χ1n) is 7.79.